The van der Waals surface area contributed by atoms with Crippen molar-refractivity contribution in [2.75, 3.05) is 9.80 Å². The largest absolute Gasteiger partial charge is 0.311 e. The molecular weight excluding hydrogens is 749 g/mol. The molecule has 0 aliphatic heterocycles. The summed E-state index contributed by atoms with van der Waals surface area (Å²) >= 11 is 0. The first kappa shape index (κ1) is 38.3. The Kier molecular flexibility index (Phi) is 10.9. The topological polar surface area (TPSA) is 6.48 Å². The third-order valence-corrected chi connectivity index (χ3v) is 11.8. The number of benzene rings is 9. The number of hydrogen-bond acceptors (Lipinski definition) is 2. The molecule has 1 aliphatic rings. The molecule has 296 valence electrons. The van der Waals surface area contributed by atoms with Crippen LogP contribution in [-0.2, 0) is 0 Å². The van der Waals surface area contributed by atoms with E-state index < -0.39 is 0 Å². The molecule has 1 aliphatic carbocycles. The number of rotatable bonds is 11. The van der Waals surface area contributed by atoms with Crippen molar-refractivity contribution < 1.29 is 0 Å². The van der Waals surface area contributed by atoms with Gasteiger partial charge >= 0.3 is 0 Å². The molecule has 0 saturated heterocycles. The van der Waals surface area contributed by atoms with Crippen molar-refractivity contribution >= 4 is 39.7 Å². The highest BCUT2D eigenvalue weighted by Crippen LogP contribution is 2.40. The van der Waals surface area contributed by atoms with Crippen LogP contribution in [0.5, 0.6) is 0 Å². The fourth-order valence-electron chi connectivity index (χ4n) is 8.47. The van der Waals surface area contributed by atoms with Crippen molar-refractivity contribution in [2.45, 2.75) is 12.8 Å². The molecular formula is C60H46N2. The number of allylic oxidation sites excluding steroid dienone is 4. The molecule has 9 aromatic carbocycles. The van der Waals surface area contributed by atoms with Gasteiger partial charge in [-0.05, 0) is 141 Å². The molecule has 0 amide bonds. The summed E-state index contributed by atoms with van der Waals surface area (Å²) in [5, 5.41) is 0. The van der Waals surface area contributed by atoms with Crippen molar-refractivity contribution in [3.63, 3.8) is 0 Å². The Balaban J connectivity index is 0.957. The van der Waals surface area contributed by atoms with Gasteiger partial charge in [0.05, 0.1) is 0 Å². The lowest BCUT2D eigenvalue weighted by Crippen LogP contribution is -2.10. The monoisotopic (exact) mass is 794 g/mol. The number of anilines is 6. The first-order valence-corrected chi connectivity index (χ1v) is 21.5. The molecule has 10 rings (SSSR count). The first-order chi connectivity index (χ1) is 30.7. The van der Waals surface area contributed by atoms with Crippen molar-refractivity contribution in [3.8, 4) is 44.5 Å². The van der Waals surface area contributed by atoms with Gasteiger partial charge in [0, 0.05) is 34.1 Å². The van der Waals surface area contributed by atoms with Gasteiger partial charge < -0.3 is 9.80 Å². The van der Waals surface area contributed by atoms with Gasteiger partial charge in [-0.1, -0.05) is 182 Å². The normalized spacial score (nSPS) is 12.1. The van der Waals surface area contributed by atoms with Crippen molar-refractivity contribution in [1.29, 1.82) is 0 Å². The van der Waals surface area contributed by atoms with Crippen LogP contribution < -0.4 is 9.80 Å². The Hall–Kier alpha value is -7.94. The molecule has 0 N–H and O–H groups in total. The van der Waals surface area contributed by atoms with E-state index in [1.807, 2.05) is 0 Å². The van der Waals surface area contributed by atoms with Gasteiger partial charge in [0.1, 0.15) is 0 Å². The summed E-state index contributed by atoms with van der Waals surface area (Å²) in [5.41, 5.74) is 18.9. The van der Waals surface area contributed by atoms with Gasteiger partial charge in [-0.25, -0.2) is 0 Å². The van der Waals surface area contributed by atoms with Gasteiger partial charge in [-0.2, -0.15) is 0 Å². The van der Waals surface area contributed by atoms with Gasteiger partial charge in [-0.3, -0.25) is 0 Å². The van der Waals surface area contributed by atoms with E-state index in [9.17, 15) is 0 Å². The van der Waals surface area contributed by atoms with E-state index in [4.69, 9.17) is 0 Å². The molecule has 0 radical (unpaired) electrons. The van der Waals surface area contributed by atoms with Crippen LogP contribution in [0.2, 0.25) is 0 Å². The second kappa shape index (κ2) is 17.7. The lowest BCUT2D eigenvalue weighted by molar-refractivity contribution is 1.05. The van der Waals surface area contributed by atoms with Crippen LogP contribution in [0.1, 0.15) is 18.4 Å². The maximum absolute atomic E-state index is 2.35. The molecule has 0 aromatic heterocycles. The van der Waals surface area contributed by atoms with Crippen molar-refractivity contribution in [3.05, 3.63) is 260 Å². The van der Waals surface area contributed by atoms with E-state index in [2.05, 4.69) is 265 Å². The summed E-state index contributed by atoms with van der Waals surface area (Å²) in [6.45, 7) is 0. The molecule has 9 aromatic rings. The van der Waals surface area contributed by atoms with Crippen LogP contribution in [-0.4, -0.2) is 0 Å². The number of nitrogens with zero attached hydrogens (tertiary/aromatic N) is 2. The Labute approximate surface area is 365 Å². The predicted octanol–water partition coefficient (Wildman–Crippen LogP) is 17.0. The summed E-state index contributed by atoms with van der Waals surface area (Å²) in [6, 6.07) is 85.3. The van der Waals surface area contributed by atoms with Crippen LogP contribution in [0.3, 0.4) is 0 Å². The van der Waals surface area contributed by atoms with Gasteiger partial charge in [0.25, 0.3) is 0 Å². The minimum Gasteiger partial charge on any atom is -0.311 e. The quantitative estimate of drug-likeness (QED) is 0.129. The SMILES string of the molecule is C1=CCCC(c2ccc(N(c3ccc(-c4ccccc4)cc3)c3ccc(-c4ccc(N(c5ccc(-c6ccccc6)cc5)c5ccc(-c6ccccc6)cc5)cc4)cc3)cc2)=C1. The Bertz CT molecular complexity index is 2830. The average molecular weight is 795 g/mol. The highest BCUT2D eigenvalue weighted by molar-refractivity contribution is 5.83. The molecule has 0 unspecified atom stereocenters. The molecule has 0 spiro atoms. The van der Waals surface area contributed by atoms with E-state index >= 15 is 0 Å². The molecule has 0 fully saturated rings. The maximum atomic E-state index is 2.35. The minimum atomic E-state index is 1.07. The van der Waals surface area contributed by atoms with Crippen LogP contribution in [0.15, 0.2) is 255 Å². The average Bonchev–Trinajstić information content (AvgIpc) is 3.36. The van der Waals surface area contributed by atoms with E-state index in [0.717, 1.165) is 52.5 Å². The zero-order valence-corrected chi connectivity index (χ0v) is 34.6. The Morgan fingerprint density at radius 1 is 0.242 bits per heavy atom. The number of hydrogen-bond donors (Lipinski definition) is 0. The van der Waals surface area contributed by atoms with Crippen LogP contribution in [0.25, 0.3) is 50.1 Å². The van der Waals surface area contributed by atoms with Gasteiger partial charge in [0.15, 0.2) is 0 Å². The molecule has 2 heteroatoms. The van der Waals surface area contributed by atoms with E-state index in [0.29, 0.717) is 0 Å². The fourth-order valence-corrected chi connectivity index (χ4v) is 8.47. The van der Waals surface area contributed by atoms with Crippen LogP contribution >= 0.6 is 0 Å². The first-order valence-electron chi connectivity index (χ1n) is 21.5. The van der Waals surface area contributed by atoms with Crippen molar-refractivity contribution in [1.82, 2.24) is 0 Å². The summed E-state index contributed by atoms with van der Waals surface area (Å²) < 4.78 is 0. The van der Waals surface area contributed by atoms with E-state index in [1.54, 1.807) is 0 Å². The van der Waals surface area contributed by atoms with E-state index in [-0.39, 0.29) is 0 Å². The highest BCUT2D eigenvalue weighted by Gasteiger charge is 2.16. The predicted molar refractivity (Wildman–Crippen MR) is 264 cm³/mol. The zero-order chi connectivity index (χ0) is 41.5. The van der Waals surface area contributed by atoms with Crippen LogP contribution in [0, 0.1) is 0 Å². The molecule has 0 heterocycles. The summed E-state index contributed by atoms with van der Waals surface area (Å²) in [5.74, 6) is 0. The lowest BCUT2D eigenvalue weighted by Gasteiger charge is -2.27. The minimum absolute atomic E-state index is 1.07. The third kappa shape index (κ3) is 8.28. The van der Waals surface area contributed by atoms with E-state index in [1.165, 1.54) is 50.1 Å². The molecule has 0 atom stereocenters. The molecule has 62 heavy (non-hydrogen) atoms. The maximum Gasteiger partial charge on any atom is 0.0462 e. The summed E-state index contributed by atoms with van der Waals surface area (Å²) in [7, 11) is 0. The lowest BCUT2D eigenvalue weighted by atomic mass is 9.97. The fraction of sp³-hybridized carbons (Fsp3) is 0.0333. The van der Waals surface area contributed by atoms with Crippen molar-refractivity contribution in [2.24, 2.45) is 0 Å². The molecule has 0 bridgehead atoms. The van der Waals surface area contributed by atoms with Crippen LogP contribution in [0.4, 0.5) is 34.1 Å². The van der Waals surface area contributed by atoms with Gasteiger partial charge in [0.2, 0.25) is 0 Å². The summed E-state index contributed by atoms with van der Waals surface area (Å²) in [4.78, 5) is 4.69. The molecule has 0 saturated carbocycles. The zero-order valence-electron chi connectivity index (χ0n) is 34.6. The summed E-state index contributed by atoms with van der Waals surface area (Å²) in [6.07, 6.45) is 8.82. The third-order valence-electron chi connectivity index (χ3n) is 11.8. The van der Waals surface area contributed by atoms with Gasteiger partial charge in [-0.15, -0.1) is 0 Å². The standard InChI is InChI=1S/C60H46N2/c1-5-13-45(14-6-1)49-21-33-55(34-22-49)61(56-35-23-50(24-36-56)46-15-7-2-8-16-46)59-41-29-53(30-42-59)54-31-43-60(44-32-54)62(57-37-25-51(26-38-57)47-17-9-3-10-18-47)58-39-27-52(28-40-58)48-19-11-4-12-20-48/h1-11,13-19,21-44H,12,20H2. The second-order valence-electron chi connectivity index (χ2n) is 15.7. The second-order valence-corrected chi connectivity index (χ2v) is 15.7. The Morgan fingerprint density at radius 3 is 0.726 bits per heavy atom. The smallest absolute Gasteiger partial charge is 0.0462 e. The molecule has 2 nitrogen and oxygen atoms in total. The highest BCUT2D eigenvalue weighted by atomic mass is 15.1. The Morgan fingerprint density at radius 2 is 0.484 bits per heavy atom.